The fourth-order valence-electron chi connectivity index (χ4n) is 5.25. The van der Waals surface area contributed by atoms with Crippen LogP contribution in [-0.4, -0.2) is 65.4 Å². The zero-order valence-corrected chi connectivity index (χ0v) is 17.8. The monoisotopic (exact) mass is 392 g/mol. The summed E-state index contributed by atoms with van der Waals surface area (Å²) in [6.45, 7) is 11.4. The molecule has 2 aliphatic heterocycles. The van der Waals surface area contributed by atoms with Crippen LogP contribution in [0.1, 0.15) is 59.8 Å². The Hall–Kier alpha value is -1.63. The van der Waals surface area contributed by atoms with E-state index in [9.17, 15) is 14.4 Å². The van der Waals surface area contributed by atoms with Crippen LogP contribution in [0.3, 0.4) is 0 Å². The Morgan fingerprint density at radius 1 is 1.14 bits per heavy atom. The Morgan fingerprint density at radius 3 is 2.36 bits per heavy atom. The van der Waals surface area contributed by atoms with E-state index < -0.39 is 11.6 Å². The van der Waals surface area contributed by atoms with Crippen LogP contribution in [0.4, 0.5) is 4.79 Å². The van der Waals surface area contributed by atoms with Crippen LogP contribution in [0, 0.1) is 17.8 Å². The van der Waals surface area contributed by atoms with Gasteiger partial charge in [-0.2, -0.15) is 0 Å². The molecule has 158 valence electrons. The van der Waals surface area contributed by atoms with Gasteiger partial charge in [-0.3, -0.25) is 14.5 Å². The second-order valence-electron chi connectivity index (χ2n) is 9.72. The number of rotatable bonds is 5. The van der Waals surface area contributed by atoms with Gasteiger partial charge >= 0.3 is 6.03 Å². The summed E-state index contributed by atoms with van der Waals surface area (Å²) in [5, 5.41) is 5.84. The molecule has 0 bridgehead atoms. The molecule has 0 aromatic rings. The zero-order chi connectivity index (χ0) is 20.5. The Morgan fingerprint density at radius 2 is 1.75 bits per heavy atom. The maximum atomic E-state index is 12.9. The second kappa shape index (κ2) is 8.39. The molecule has 28 heavy (non-hydrogen) atoms. The molecule has 3 fully saturated rings. The van der Waals surface area contributed by atoms with Gasteiger partial charge in [0.25, 0.3) is 5.91 Å². The summed E-state index contributed by atoms with van der Waals surface area (Å²) in [5.74, 6) is 1.42. The molecule has 2 saturated heterocycles. The lowest BCUT2D eigenvalue weighted by molar-refractivity contribution is -0.136. The number of carbonyl (C=O) groups is 3. The first-order valence-electron chi connectivity index (χ1n) is 10.8. The fraction of sp³-hybridized carbons (Fsp3) is 0.857. The van der Waals surface area contributed by atoms with Gasteiger partial charge in [0, 0.05) is 25.7 Å². The van der Waals surface area contributed by atoms with E-state index in [-0.39, 0.29) is 24.4 Å². The van der Waals surface area contributed by atoms with E-state index in [0.29, 0.717) is 30.6 Å². The molecule has 7 nitrogen and oxygen atoms in total. The van der Waals surface area contributed by atoms with Gasteiger partial charge in [0.05, 0.1) is 0 Å². The lowest BCUT2D eigenvalue weighted by atomic mass is 9.77. The van der Waals surface area contributed by atoms with Gasteiger partial charge in [-0.25, -0.2) is 4.79 Å². The molecule has 3 atom stereocenters. The molecule has 0 aromatic heterocycles. The van der Waals surface area contributed by atoms with Crippen LogP contribution >= 0.6 is 0 Å². The standard InChI is InChI=1S/C21H36N4O3/c1-14-5-7-21(8-6-14)19(27)25(20(28)23-21)13-18(26)22-17(4)12-24-10-15(2)9-16(3)11-24/h14-17H,5-13H2,1-4H3,(H,22,26)(H,23,28). The minimum atomic E-state index is -0.782. The Labute approximate surface area is 168 Å². The van der Waals surface area contributed by atoms with Crippen molar-refractivity contribution >= 4 is 17.8 Å². The van der Waals surface area contributed by atoms with Crippen molar-refractivity contribution in [3.8, 4) is 0 Å². The van der Waals surface area contributed by atoms with Gasteiger partial charge in [-0.05, 0) is 56.8 Å². The lowest BCUT2D eigenvalue weighted by Gasteiger charge is -2.36. The van der Waals surface area contributed by atoms with Crippen LogP contribution in [0.2, 0.25) is 0 Å². The zero-order valence-electron chi connectivity index (χ0n) is 17.8. The average Bonchev–Trinajstić information content (AvgIpc) is 2.81. The highest BCUT2D eigenvalue weighted by atomic mass is 16.2. The Balaban J connectivity index is 1.50. The number of carbonyl (C=O) groups excluding carboxylic acids is 3. The van der Waals surface area contributed by atoms with Crippen molar-refractivity contribution in [1.29, 1.82) is 0 Å². The van der Waals surface area contributed by atoms with Crippen molar-refractivity contribution in [2.75, 3.05) is 26.2 Å². The minimum Gasteiger partial charge on any atom is -0.351 e. The topological polar surface area (TPSA) is 81.8 Å². The Bertz CT molecular complexity index is 605. The summed E-state index contributed by atoms with van der Waals surface area (Å²) in [4.78, 5) is 41.2. The first-order chi connectivity index (χ1) is 13.2. The van der Waals surface area contributed by atoms with Crippen molar-refractivity contribution in [2.24, 2.45) is 17.8 Å². The molecule has 0 radical (unpaired) electrons. The van der Waals surface area contributed by atoms with Crippen molar-refractivity contribution in [3.63, 3.8) is 0 Å². The molecule has 3 aliphatic rings. The van der Waals surface area contributed by atoms with E-state index in [1.54, 1.807) is 0 Å². The van der Waals surface area contributed by atoms with E-state index in [0.717, 1.165) is 37.4 Å². The molecule has 3 unspecified atom stereocenters. The molecular weight excluding hydrogens is 356 g/mol. The fourth-order valence-corrected chi connectivity index (χ4v) is 5.25. The van der Waals surface area contributed by atoms with E-state index in [1.807, 2.05) is 6.92 Å². The number of nitrogens with zero attached hydrogens (tertiary/aromatic N) is 2. The molecular formula is C21H36N4O3. The van der Waals surface area contributed by atoms with Gasteiger partial charge in [-0.1, -0.05) is 20.8 Å². The van der Waals surface area contributed by atoms with Crippen molar-refractivity contribution in [2.45, 2.75) is 71.4 Å². The first kappa shape index (κ1) is 21.1. The number of hydrogen-bond donors (Lipinski definition) is 2. The number of imide groups is 1. The number of urea groups is 1. The summed E-state index contributed by atoms with van der Waals surface area (Å²) >= 11 is 0. The summed E-state index contributed by atoms with van der Waals surface area (Å²) in [6, 6.07) is -0.448. The highest BCUT2D eigenvalue weighted by Crippen LogP contribution is 2.36. The molecule has 1 spiro atoms. The van der Waals surface area contributed by atoms with Gasteiger partial charge < -0.3 is 15.5 Å². The van der Waals surface area contributed by atoms with E-state index >= 15 is 0 Å². The summed E-state index contributed by atoms with van der Waals surface area (Å²) in [6.07, 6.45) is 4.44. The third-order valence-corrected chi connectivity index (χ3v) is 6.56. The van der Waals surface area contributed by atoms with Gasteiger partial charge in [0.15, 0.2) is 0 Å². The largest absolute Gasteiger partial charge is 0.351 e. The van der Waals surface area contributed by atoms with Crippen LogP contribution < -0.4 is 10.6 Å². The normalized spacial score (nSPS) is 35.1. The summed E-state index contributed by atoms with van der Waals surface area (Å²) in [5.41, 5.74) is -0.782. The summed E-state index contributed by atoms with van der Waals surface area (Å²) < 4.78 is 0. The molecule has 7 heteroatoms. The third kappa shape index (κ3) is 4.67. The predicted molar refractivity (Wildman–Crippen MR) is 108 cm³/mol. The molecule has 3 rings (SSSR count). The van der Waals surface area contributed by atoms with Crippen molar-refractivity contribution in [3.05, 3.63) is 0 Å². The number of nitrogens with one attached hydrogen (secondary N) is 2. The average molecular weight is 393 g/mol. The second-order valence-corrected chi connectivity index (χ2v) is 9.72. The van der Waals surface area contributed by atoms with Gasteiger partial charge in [0.1, 0.15) is 12.1 Å². The predicted octanol–water partition coefficient (Wildman–Crippen LogP) is 1.97. The molecule has 2 N–H and O–H groups in total. The number of piperidine rings is 1. The van der Waals surface area contributed by atoms with Crippen molar-refractivity contribution in [1.82, 2.24) is 20.4 Å². The molecule has 0 aromatic carbocycles. The van der Waals surface area contributed by atoms with Gasteiger partial charge in [-0.15, -0.1) is 0 Å². The SMILES string of the molecule is CC1CCC2(CC1)NC(=O)N(CC(=O)NC(C)CN1CC(C)CC(C)C1)C2=O. The number of likely N-dealkylation sites (tertiary alicyclic amines) is 1. The van der Waals surface area contributed by atoms with Gasteiger partial charge in [0.2, 0.25) is 5.91 Å². The summed E-state index contributed by atoms with van der Waals surface area (Å²) in [7, 11) is 0. The molecule has 4 amide bonds. The van der Waals surface area contributed by atoms with Crippen LogP contribution in [0.5, 0.6) is 0 Å². The lowest BCUT2D eigenvalue weighted by Crippen LogP contribution is -2.51. The maximum absolute atomic E-state index is 12.9. The molecule has 1 saturated carbocycles. The quantitative estimate of drug-likeness (QED) is 0.701. The van der Waals surface area contributed by atoms with Crippen LogP contribution in [0.15, 0.2) is 0 Å². The minimum absolute atomic E-state index is 0.0183. The first-order valence-corrected chi connectivity index (χ1v) is 10.8. The maximum Gasteiger partial charge on any atom is 0.325 e. The van der Waals surface area contributed by atoms with E-state index in [4.69, 9.17) is 0 Å². The molecule has 2 heterocycles. The number of hydrogen-bond acceptors (Lipinski definition) is 4. The number of amides is 4. The highest BCUT2D eigenvalue weighted by Gasteiger charge is 2.52. The Kier molecular flexibility index (Phi) is 6.32. The van der Waals surface area contributed by atoms with E-state index in [1.165, 1.54) is 6.42 Å². The van der Waals surface area contributed by atoms with Crippen LogP contribution in [0.25, 0.3) is 0 Å². The highest BCUT2D eigenvalue weighted by molar-refractivity contribution is 6.09. The van der Waals surface area contributed by atoms with Crippen LogP contribution in [-0.2, 0) is 9.59 Å². The molecule has 1 aliphatic carbocycles. The van der Waals surface area contributed by atoms with E-state index in [2.05, 4.69) is 36.3 Å². The third-order valence-electron chi connectivity index (χ3n) is 6.56. The smallest absolute Gasteiger partial charge is 0.325 e. The van der Waals surface area contributed by atoms with Crippen molar-refractivity contribution < 1.29 is 14.4 Å².